The van der Waals surface area contributed by atoms with E-state index in [1.165, 1.54) is 86.6 Å². The van der Waals surface area contributed by atoms with E-state index in [1.54, 1.807) is 0 Å². The van der Waals surface area contributed by atoms with E-state index in [9.17, 15) is 0 Å². The van der Waals surface area contributed by atoms with Gasteiger partial charge in [-0.15, -0.1) is 0 Å². The average Bonchev–Trinajstić information content (AvgIpc) is 3.52. The van der Waals surface area contributed by atoms with Crippen molar-refractivity contribution >= 4 is 55.2 Å². The maximum absolute atomic E-state index is 6.33. The molecule has 1 aliphatic heterocycles. The summed E-state index contributed by atoms with van der Waals surface area (Å²) in [5.74, 6) is 0. The lowest BCUT2D eigenvalue weighted by atomic mass is 9.91. The summed E-state index contributed by atoms with van der Waals surface area (Å²) in [5, 5.41) is 7.48. The average molecular weight is 603 g/mol. The molecule has 9 aromatic rings. The molecular formula is C44H26OS. The summed E-state index contributed by atoms with van der Waals surface area (Å²) in [4.78, 5) is 2.66. The van der Waals surface area contributed by atoms with Gasteiger partial charge >= 0.3 is 0 Å². The molecule has 214 valence electrons. The second kappa shape index (κ2) is 9.97. The van der Waals surface area contributed by atoms with E-state index in [1.807, 2.05) is 11.8 Å². The summed E-state index contributed by atoms with van der Waals surface area (Å²) >= 11 is 1.87. The zero-order valence-corrected chi connectivity index (χ0v) is 25.6. The normalized spacial score (nSPS) is 12.3. The molecule has 2 heteroatoms. The lowest BCUT2D eigenvalue weighted by Gasteiger charge is -2.21. The molecular weight excluding hydrogens is 577 g/mol. The van der Waals surface area contributed by atoms with Gasteiger partial charge in [-0.05, 0) is 84.9 Å². The first-order valence-corrected chi connectivity index (χ1v) is 16.5. The van der Waals surface area contributed by atoms with Gasteiger partial charge in [-0.1, -0.05) is 145 Å². The summed E-state index contributed by atoms with van der Waals surface area (Å²) in [5.41, 5.74) is 11.8. The van der Waals surface area contributed by atoms with Crippen LogP contribution in [0.15, 0.2) is 172 Å². The molecule has 0 atom stereocenters. The van der Waals surface area contributed by atoms with E-state index in [2.05, 4.69) is 158 Å². The summed E-state index contributed by atoms with van der Waals surface area (Å²) in [6, 6.07) is 57.2. The topological polar surface area (TPSA) is 13.1 Å². The van der Waals surface area contributed by atoms with Gasteiger partial charge in [0.25, 0.3) is 0 Å². The van der Waals surface area contributed by atoms with Crippen LogP contribution in [0.4, 0.5) is 0 Å². The molecule has 0 N–H and O–H groups in total. The lowest BCUT2D eigenvalue weighted by molar-refractivity contribution is 0.669. The summed E-state index contributed by atoms with van der Waals surface area (Å²) in [6.45, 7) is 0. The maximum Gasteiger partial charge on any atom is 0.136 e. The Hall–Kier alpha value is -5.57. The second-order valence-electron chi connectivity index (χ2n) is 12.0. The van der Waals surface area contributed by atoms with Crippen LogP contribution in [0.3, 0.4) is 0 Å². The van der Waals surface area contributed by atoms with Gasteiger partial charge in [0, 0.05) is 25.9 Å². The first-order valence-electron chi connectivity index (χ1n) is 15.7. The molecule has 0 bridgehead atoms. The van der Waals surface area contributed by atoms with Crippen molar-refractivity contribution < 1.29 is 4.42 Å². The van der Waals surface area contributed by atoms with E-state index < -0.39 is 0 Å². The third-order valence-corrected chi connectivity index (χ3v) is 10.6. The Morgan fingerprint density at radius 3 is 1.80 bits per heavy atom. The van der Waals surface area contributed by atoms with E-state index in [4.69, 9.17) is 4.42 Å². The Bertz CT molecular complexity index is 2640. The number of rotatable bonds is 3. The minimum Gasteiger partial charge on any atom is -0.456 e. The minimum absolute atomic E-state index is 0.921. The van der Waals surface area contributed by atoms with E-state index in [0.717, 1.165) is 11.2 Å². The van der Waals surface area contributed by atoms with Gasteiger partial charge in [0.2, 0.25) is 0 Å². The molecule has 0 aliphatic carbocycles. The molecule has 1 aliphatic rings. The monoisotopic (exact) mass is 602 g/mol. The Labute approximate surface area is 270 Å². The van der Waals surface area contributed by atoms with Crippen LogP contribution < -0.4 is 0 Å². The molecule has 0 unspecified atom stereocenters. The molecule has 0 saturated carbocycles. The quantitative estimate of drug-likeness (QED) is 0.200. The van der Waals surface area contributed by atoms with Crippen LogP contribution >= 0.6 is 11.8 Å². The maximum atomic E-state index is 6.33. The number of hydrogen-bond donors (Lipinski definition) is 0. The Kier molecular flexibility index (Phi) is 5.58. The standard InChI is InChI=1S/C44H26OS/c1-2-8-33-29(7-1)23-25-39-44(33)43-34(10-6-13-38(43)45-39)31-21-17-28(18-22-31)27-15-19-30(20-16-27)32-24-26-41-42-36(32)11-5-12-37(42)35-9-3-4-14-40(35)46-41/h1-26H. The third-order valence-electron chi connectivity index (χ3n) is 9.51. The fourth-order valence-corrected chi connectivity index (χ4v) is 8.47. The smallest absolute Gasteiger partial charge is 0.136 e. The van der Waals surface area contributed by atoms with Crippen molar-refractivity contribution in [3.8, 4) is 44.5 Å². The van der Waals surface area contributed by atoms with Crippen LogP contribution in [0, 0.1) is 0 Å². The number of furan rings is 1. The molecule has 0 radical (unpaired) electrons. The molecule has 10 rings (SSSR count). The Balaban J connectivity index is 1.02. The lowest BCUT2D eigenvalue weighted by Crippen LogP contribution is -1.94. The highest BCUT2D eigenvalue weighted by molar-refractivity contribution is 7.99. The van der Waals surface area contributed by atoms with Gasteiger partial charge in [-0.2, -0.15) is 0 Å². The summed E-state index contributed by atoms with van der Waals surface area (Å²) < 4.78 is 6.33. The summed E-state index contributed by atoms with van der Waals surface area (Å²) in [6.07, 6.45) is 0. The van der Waals surface area contributed by atoms with Crippen molar-refractivity contribution in [2.45, 2.75) is 9.79 Å². The molecule has 0 fully saturated rings. The molecule has 1 aromatic heterocycles. The second-order valence-corrected chi connectivity index (χ2v) is 13.1. The van der Waals surface area contributed by atoms with Gasteiger partial charge in [-0.3, -0.25) is 0 Å². The minimum atomic E-state index is 0.921. The third kappa shape index (κ3) is 3.84. The summed E-state index contributed by atoms with van der Waals surface area (Å²) in [7, 11) is 0. The molecule has 8 aromatic carbocycles. The molecule has 0 amide bonds. The molecule has 2 heterocycles. The van der Waals surface area contributed by atoms with E-state index >= 15 is 0 Å². The van der Waals surface area contributed by atoms with E-state index in [-0.39, 0.29) is 0 Å². The van der Waals surface area contributed by atoms with Crippen LogP contribution in [0.5, 0.6) is 0 Å². The first-order chi connectivity index (χ1) is 22.8. The van der Waals surface area contributed by atoms with Crippen LogP contribution in [0.2, 0.25) is 0 Å². The van der Waals surface area contributed by atoms with Gasteiger partial charge in [0.05, 0.1) is 0 Å². The van der Waals surface area contributed by atoms with Crippen molar-refractivity contribution in [3.63, 3.8) is 0 Å². The van der Waals surface area contributed by atoms with Crippen molar-refractivity contribution in [2.24, 2.45) is 0 Å². The van der Waals surface area contributed by atoms with Crippen LogP contribution in [0.1, 0.15) is 0 Å². The molecule has 1 nitrogen and oxygen atoms in total. The van der Waals surface area contributed by atoms with Gasteiger partial charge in [0.1, 0.15) is 11.2 Å². The highest BCUT2D eigenvalue weighted by atomic mass is 32.2. The van der Waals surface area contributed by atoms with Crippen LogP contribution in [-0.2, 0) is 0 Å². The molecule has 46 heavy (non-hydrogen) atoms. The Morgan fingerprint density at radius 1 is 0.326 bits per heavy atom. The van der Waals surface area contributed by atoms with Crippen molar-refractivity contribution in [2.75, 3.05) is 0 Å². The first kappa shape index (κ1) is 25.7. The van der Waals surface area contributed by atoms with Gasteiger partial charge in [0.15, 0.2) is 0 Å². The highest BCUT2D eigenvalue weighted by Crippen LogP contribution is 2.49. The number of benzene rings is 8. The van der Waals surface area contributed by atoms with Gasteiger partial charge < -0.3 is 4.42 Å². The zero-order valence-electron chi connectivity index (χ0n) is 24.8. The predicted octanol–water partition coefficient (Wildman–Crippen LogP) is 13.0. The number of fused-ring (bicyclic) bond motifs is 7. The number of hydrogen-bond acceptors (Lipinski definition) is 2. The Morgan fingerprint density at radius 2 is 0.957 bits per heavy atom. The van der Waals surface area contributed by atoms with Crippen molar-refractivity contribution in [3.05, 3.63) is 158 Å². The predicted molar refractivity (Wildman–Crippen MR) is 195 cm³/mol. The SMILES string of the molecule is c1ccc2c(c1)Sc1ccc(-c3ccc(-c4ccc(-c5cccc6oc7ccc8ccccc8c7c56)cc4)cc3)c3cccc-2c13. The van der Waals surface area contributed by atoms with Crippen LogP contribution in [-0.4, -0.2) is 0 Å². The van der Waals surface area contributed by atoms with Gasteiger partial charge in [-0.25, -0.2) is 0 Å². The van der Waals surface area contributed by atoms with Crippen molar-refractivity contribution in [1.82, 2.24) is 0 Å². The fraction of sp³-hybridized carbons (Fsp3) is 0. The van der Waals surface area contributed by atoms with E-state index in [0.29, 0.717) is 0 Å². The fourth-order valence-electron chi connectivity index (χ4n) is 7.34. The highest BCUT2D eigenvalue weighted by Gasteiger charge is 2.20. The zero-order chi connectivity index (χ0) is 30.2. The molecule has 0 spiro atoms. The van der Waals surface area contributed by atoms with Crippen LogP contribution in [0.25, 0.3) is 88.0 Å². The molecule has 0 saturated heterocycles. The largest absolute Gasteiger partial charge is 0.456 e. The van der Waals surface area contributed by atoms with Crippen molar-refractivity contribution in [1.29, 1.82) is 0 Å².